The van der Waals surface area contributed by atoms with Crippen LogP contribution in [-0.2, 0) is 4.74 Å². The van der Waals surface area contributed by atoms with Crippen LogP contribution < -0.4 is 15.2 Å². The van der Waals surface area contributed by atoms with E-state index >= 15 is 0 Å². The smallest absolute Gasteiger partial charge is 0.410 e. The van der Waals surface area contributed by atoms with Gasteiger partial charge in [-0.1, -0.05) is 0 Å². The summed E-state index contributed by atoms with van der Waals surface area (Å²) in [5.41, 5.74) is 8.76. The topological polar surface area (TPSA) is 104 Å². The Morgan fingerprint density at radius 3 is 2.65 bits per heavy atom. The molecule has 0 bridgehead atoms. The molecule has 9 nitrogen and oxygen atoms in total. The zero-order valence-corrected chi connectivity index (χ0v) is 20.3. The SMILES string of the molecule is COCCN(C)C1CCC(c2nc(-c3ccc(OC(N)=O)c(OC)c3)c3c(C)nccn23)CC1. The minimum atomic E-state index is -0.885. The average molecular weight is 468 g/mol. The van der Waals surface area contributed by atoms with Crippen molar-refractivity contribution in [2.45, 2.75) is 44.6 Å². The number of hydrogen-bond acceptors (Lipinski definition) is 7. The van der Waals surface area contributed by atoms with Crippen LogP contribution in [0.3, 0.4) is 0 Å². The van der Waals surface area contributed by atoms with Gasteiger partial charge in [0.2, 0.25) is 0 Å². The van der Waals surface area contributed by atoms with Gasteiger partial charge < -0.3 is 24.8 Å². The third-order valence-electron chi connectivity index (χ3n) is 6.75. The maximum atomic E-state index is 11.2. The van der Waals surface area contributed by atoms with E-state index in [9.17, 15) is 4.79 Å². The van der Waals surface area contributed by atoms with Crippen molar-refractivity contribution in [3.05, 3.63) is 42.1 Å². The van der Waals surface area contributed by atoms with E-state index in [1.165, 1.54) is 7.11 Å². The molecule has 1 aliphatic rings. The lowest BCUT2D eigenvalue weighted by Gasteiger charge is -2.34. The minimum absolute atomic E-state index is 0.272. The average Bonchev–Trinajstić information content (AvgIpc) is 3.23. The Morgan fingerprint density at radius 1 is 1.21 bits per heavy atom. The van der Waals surface area contributed by atoms with Crippen molar-refractivity contribution < 1.29 is 19.0 Å². The molecule has 34 heavy (non-hydrogen) atoms. The van der Waals surface area contributed by atoms with Gasteiger partial charge in [0.1, 0.15) is 5.82 Å². The summed E-state index contributed by atoms with van der Waals surface area (Å²) in [5, 5.41) is 0. The fourth-order valence-electron chi connectivity index (χ4n) is 4.91. The molecular weight excluding hydrogens is 434 g/mol. The normalized spacial score (nSPS) is 18.4. The molecule has 0 aliphatic heterocycles. The highest BCUT2D eigenvalue weighted by molar-refractivity contribution is 5.81. The van der Waals surface area contributed by atoms with Gasteiger partial charge in [-0.2, -0.15) is 0 Å². The number of likely N-dealkylation sites (N-methyl/N-ethyl adjacent to an activating group) is 1. The number of benzene rings is 1. The third-order valence-corrected chi connectivity index (χ3v) is 6.75. The number of nitrogens with zero attached hydrogens (tertiary/aromatic N) is 4. The second-order valence-electron chi connectivity index (χ2n) is 8.82. The molecule has 2 heterocycles. The number of fused-ring (bicyclic) bond motifs is 1. The van der Waals surface area contributed by atoms with Gasteiger partial charge in [-0.3, -0.25) is 9.38 Å². The lowest BCUT2D eigenvalue weighted by Crippen LogP contribution is -2.37. The number of nitrogens with two attached hydrogens (primary N) is 1. The van der Waals surface area contributed by atoms with Gasteiger partial charge in [0.05, 0.1) is 30.6 Å². The van der Waals surface area contributed by atoms with Crippen molar-refractivity contribution in [1.29, 1.82) is 0 Å². The van der Waals surface area contributed by atoms with Crippen LogP contribution in [0.1, 0.15) is 43.1 Å². The number of primary amides is 1. The summed E-state index contributed by atoms with van der Waals surface area (Å²) in [4.78, 5) is 23.3. The number of aromatic nitrogens is 3. The molecule has 1 amide bonds. The summed E-state index contributed by atoms with van der Waals surface area (Å²) < 4.78 is 17.9. The summed E-state index contributed by atoms with van der Waals surface area (Å²) in [6, 6.07) is 5.93. The predicted molar refractivity (Wildman–Crippen MR) is 129 cm³/mol. The summed E-state index contributed by atoms with van der Waals surface area (Å²) in [5.74, 6) is 2.12. The van der Waals surface area contributed by atoms with E-state index < -0.39 is 6.09 Å². The molecule has 1 aromatic carbocycles. The molecule has 4 rings (SSSR count). The van der Waals surface area contributed by atoms with Gasteiger partial charge >= 0.3 is 6.09 Å². The van der Waals surface area contributed by atoms with Gasteiger partial charge in [0, 0.05) is 43.6 Å². The van der Waals surface area contributed by atoms with Crippen molar-refractivity contribution in [2.24, 2.45) is 5.73 Å². The van der Waals surface area contributed by atoms with Crippen molar-refractivity contribution in [3.63, 3.8) is 0 Å². The molecular formula is C25H33N5O4. The lowest BCUT2D eigenvalue weighted by atomic mass is 9.85. The molecule has 1 aliphatic carbocycles. The van der Waals surface area contributed by atoms with Crippen LogP contribution in [0.5, 0.6) is 11.5 Å². The highest BCUT2D eigenvalue weighted by atomic mass is 16.6. The Kier molecular flexibility index (Phi) is 7.33. The quantitative estimate of drug-likeness (QED) is 0.538. The van der Waals surface area contributed by atoms with Crippen LogP contribution in [-0.4, -0.2) is 65.8 Å². The molecule has 2 N–H and O–H groups in total. The number of carbonyl (C=O) groups is 1. The molecule has 182 valence electrons. The van der Waals surface area contributed by atoms with Crippen molar-refractivity contribution >= 4 is 11.6 Å². The third kappa shape index (κ3) is 4.85. The van der Waals surface area contributed by atoms with E-state index in [0.29, 0.717) is 17.7 Å². The van der Waals surface area contributed by atoms with Crippen LogP contribution in [0.15, 0.2) is 30.6 Å². The van der Waals surface area contributed by atoms with Gasteiger partial charge in [-0.15, -0.1) is 0 Å². The minimum Gasteiger partial charge on any atom is -0.493 e. The summed E-state index contributed by atoms with van der Waals surface area (Å²) >= 11 is 0. The van der Waals surface area contributed by atoms with Gasteiger partial charge in [0.25, 0.3) is 0 Å². The Labute approximate surface area is 199 Å². The Balaban J connectivity index is 1.66. The van der Waals surface area contributed by atoms with Crippen LogP contribution in [0.25, 0.3) is 16.8 Å². The number of ether oxygens (including phenoxy) is 3. The number of rotatable bonds is 8. The monoisotopic (exact) mass is 467 g/mol. The highest BCUT2D eigenvalue weighted by Gasteiger charge is 2.29. The zero-order valence-electron chi connectivity index (χ0n) is 20.3. The molecule has 1 fully saturated rings. The molecule has 0 saturated heterocycles. The van der Waals surface area contributed by atoms with Gasteiger partial charge in [-0.25, -0.2) is 9.78 Å². The summed E-state index contributed by atoms with van der Waals surface area (Å²) in [6.07, 6.45) is 7.36. The molecule has 3 aromatic rings. The first kappa shape index (κ1) is 24.0. The van der Waals surface area contributed by atoms with Crippen LogP contribution in [0.4, 0.5) is 4.79 Å². The zero-order chi connectivity index (χ0) is 24.2. The second-order valence-corrected chi connectivity index (χ2v) is 8.82. The first-order valence-electron chi connectivity index (χ1n) is 11.6. The number of carbonyl (C=O) groups excluding carboxylic acids is 1. The first-order chi connectivity index (χ1) is 16.4. The fourth-order valence-corrected chi connectivity index (χ4v) is 4.91. The van der Waals surface area contributed by atoms with E-state index in [1.54, 1.807) is 13.2 Å². The Morgan fingerprint density at radius 2 is 1.97 bits per heavy atom. The van der Waals surface area contributed by atoms with E-state index in [-0.39, 0.29) is 5.75 Å². The fraction of sp³-hybridized carbons (Fsp3) is 0.480. The molecule has 0 atom stereocenters. The number of hydrogen-bond donors (Lipinski definition) is 1. The predicted octanol–water partition coefficient (Wildman–Crippen LogP) is 3.78. The molecule has 0 unspecified atom stereocenters. The van der Waals surface area contributed by atoms with E-state index in [2.05, 4.69) is 21.3 Å². The molecule has 2 aromatic heterocycles. The lowest BCUT2D eigenvalue weighted by molar-refractivity contribution is 0.119. The Hall–Kier alpha value is -3.17. The first-order valence-corrected chi connectivity index (χ1v) is 11.6. The van der Waals surface area contributed by atoms with Crippen molar-refractivity contribution in [3.8, 4) is 22.8 Å². The number of aryl methyl sites for hydroxylation is 1. The standard InChI is InChI=1S/C25H33N5O4/c1-16-23-22(18-7-10-20(34-25(26)31)21(15-18)33-4)28-24(30(23)12-11-27-16)17-5-8-19(9-6-17)29(2)13-14-32-3/h7,10-12,15,17,19H,5-6,8-9,13-14H2,1-4H3,(H2,26,31). The largest absolute Gasteiger partial charge is 0.493 e. The Bertz CT molecular complexity index is 1150. The molecule has 1 saturated carbocycles. The maximum Gasteiger partial charge on any atom is 0.410 e. The number of imidazole rings is 1. The van der Waals surface area contributed by atoms with Gasteiger partial charge in [0.15, 0.2) is 11.5 Å². The van der Waals surface area contributed by atoms with Gasteiger partial charge in [-0.05, 0) is 57.9 Å². The number of methoxy groups -OCH3 is 2. The second kappa shape index (κ2) is 10.4. The summed E-state index contributed by atoms with van der Waals surface area (Å²) in [6.45, 7) is 3.70. The molecule has 0 radical (unpaired) electrons. The maximum absolute atomic E-state index is 11.2. The van der Waals surface area contributed by atoms with E-state index in [1.807, 2.05) is 31.5 Å². The van der Waals surface area contributed by atoms with E-state index in [0.717, 1.165) is 67.1 Å². The molecule has 0 spiro atoms. The number of amides is 1. The summed E-state index contributed by atoms with van der Waals surface area (Å²) in [7, 11) is 5.45. The van der Waals surface area contributed by atoms with Crippen molar-refractivity contribution in [2.75, 3.05) is 34.4 Å². The van der Waals surface area contributed by atoms with Crippen LogP contribution >= 0.6 is 0 Å². The molecule has 9 heteroatoms. The van der Waals surface area contributed by atoms with Crippen LogP contribution in [0, 0.1) is 6.92 Å². The van der Waals surface area contributed by atoms with Crippen molar-refractivity contribution in [1.82, 2.24) is 19.3 Å². The highest BCUT2D eigenvalue weighted by Crippen LogP contribution is 2.39. The van der Waals surface area contributed by atoms with E-state index in [4.69, 9.17) is 24.9 Å². The van der Waals surface area contributed by atoms with Crippen LogP contribution in [0.2, 0.25) is 0 Å².